The quantitative estimate of drug-likeness (QED) is 0.690. The lowest BCUT2D eigenvalue weighted by Crippen LogP contribution is -2.23. The van der Waals surface area contributed by atoms with E-state index in [4.69, 9.17) is 0 Å². The summed E-state index contributed by atoms with van der Waals surface area (Å²) in [6.07, 6.45) is 0. The lowest BCUT2D eigenvalue weighted by molar-refractivity contribution is 0.0952. The van der Waals surface area contributed by atoms with Gasteiger partial charge in [0.15, 0.2) is 0 Å². The highest BCUT2D eigenvalue weighted by molar-refractivity contribution is 6.08. The lowest BCUT2D eigenvalue weighted by atomic mass is 10.1. The Morgan fingerprint density at radius 2 is 1.95 bits per heavy atom. The van der Waals surface area contributed by atoms with E-state index < -0.39 is 0 Å². The van der Waals surface area contributed by atoms with E-state index in [0.29, 0.717) is 12.1 Å². The Morgan fingerprint density at radius 1 is 1.19 bits per heavy atom. The van der Waals surface area contributed by atoms with E-state index in [2.05, 4.69) is 10.3 Å². The van der Waals surface area contributed by atoms with Gasteiger partial charge in [-0.15, -0.1) is 0 Å². The molecule has 0 bridgehead atoms. The Bertz CT molecular complexity index is 791. The SMILES string of the molecule is Cc1[nH]c2ccc(O)cc2c1C(=O)NCc1ccccc1. The molecule has 0 unspecified atom stereocenters. The number of aromatic nitrogens is 1. The molecule has 0 aliphatic rings. The van der Waals surface area contributed by atoms with Gasteiger partial charge in [0.1, 0.15) is 5.75 Å². The van der Waals surface area contributed by atoms with Crippen LogP contribution < -0.4 is 5.32 Å². The molecule has 0 saturated carbocycles. The van der Waals surface area contributed by atoms with Crippen LogP contribution in [0.15, 0.2) is 48.5 Å². The van der Waals surface area contributed by atoms with Gasteiger partial charge in [-0.05, 0) is 30.7 Å². The number of H-pyrrole nitrogens is 1. The molecule has 4 nitrogen and oxygen atoms in total. The third-order valence-electron chi connectivity index (χ3n) is 3.49. The van der Waals surface area contributed by atoms with Gasteiger partial charge in [-0.3, -0.25) is 4.79 Å². The molecule has 1 amide bonds. The number of hydrogen-bond acceptors (Lipinski definition) is 2. The Hall–Kier alpha value is -2.75. The first-order valence-electron chi connectivity index (χ1n) is 6.78. The Kier molecular flexibility index (Phi) is 3.36. The van der Waals surface area contributed by atoms with Gasteiger partial charge in [0.25, 0.3) is 5.91 Å². The van der Waals surface area contributed by atoms with Gasteiger partial charge >= 0.3 is 0 Å². The van der Waals surface area contributed by atoms with Crippen molar-refractivity contribution in [2.24, 2.45) is 0 Å². The molecule has 4 heteroatoms. The van der Waals surface area contributed by atoms with Crippen molar-refractivity contribution in [3.8, 4) is 5.75 Å². The summed E-state index contributed by atoms with van der Waals surface area (Å²) in [5.74, 6) is 0.00631. The molecular weight excluding hydrogens is 264 g/mol. The van der Waals surface area contributed by atoms with Crippen LogP contribution in [0.4, 0.5) is 0 Å². The zero-order valence-electron chi connectivity index (χ0n) is 11.7. The van der Waals surface area contributed by atoms with E-state index >= 15 is 0 Å². The fraction of sp³-hybridized carbons (Fsp3) is 0.118. The molecule has 0 saturated heterocycles. The summed E-state index contributed by atoms with van der Waals surface area (Å²) < 4.78 is 0. The third kappa shape index (κ3) is 2.60. The number of phenols is 1. The molecule has 1 heterocycles. The van der Waals surface area contributed by atoms with Crippen molar-refractivity contribution in [3.05, 3.63) is 65.4 Å². The molecular formula is C17H16N2O2. The number of hydrogen-bond donors (Lipinski definition) is 3. The first-order valence-corrected chi connectivity index (χ1v) is 6.78. The summed E-state index contributed by atoms with van der Waals surface area (Å²) in [7, 11) is 0. The van der Waals surface area contributed by atoms with E-state index in [-0.39, 0.29) is 11.7 Å². The number of carbonyl (C=O) groups excluding carboxylic acids is 1. The molecule has 0 aliphatic carbocycles. The molecule has 0 atom stereocenters. The molecule has 3 N–H and O–H groups in total. The molecule has 0 aliphatic heterocycles. The van der Waals surface area contributed by atoms with E-state index in [9.17, 15) is 9.90 Å². The van der Waals surface area contributed by atoms with E-state index in [0.717, 1.165) is 22.2 Å². The summed E-state index contributed by atoms with van der Waals surface area (Å²) in [4.78, 5) is 15.6. The van der Waals surface area contributed by atoms with Crippen LogP contribution in [-0.4, -0.2) is 16.0 Å². The van der Waals surface area contributed by atoms with Crippen molar-refractivity contribution in [3.63, 3.8) is 0 Å². The van der Waals surface area contributed by atoms with Gasteiger partial charge in [0.2, 0.25) is 0 Å². The number of nitrogens with one attached hydrogen (secondary N) is 2. The zero-order chi connectivity index (χ0) is 14.8. The maximum atomic E-state index is 12.4. The number of phenolic OH excluding ortho intramolecular Hbond substituents is 1. The average Bonchev–Trinajstić information content (AvgIpc) is 2.81. The summed E-state index contributed by atoms with van der Waals surface area (Å²) in [6.45, 7) is 2.33. The maximum absolute atomic E-state index is 12.4. The summed E-state index contributed by atoms with van der Waals surface area (Å²) >= 11 is 0. The minimum absolute atomic E-state index is 0.145. The highest BCUT2D eigenvalue weighted by Gasteiger charge is 2.16. The number of amides is 1. The highest BCUT2D eigenvalue weighted by atomic mass is 16.3. The van der Waals surface area contributed by atoms with E-state index in [1.54, 1.807) is 18.2 Å². The maximum Gasteiger partial charge on any atom is 0.253 e. The topological polar surface area (TPSA) is 65.1 Å². The van der Waals surface area contributed by atoms with Gasteiger partial charge in [-0.1, -0.05) is 30.3 Å². The van der Waals surface area contributed by atoms with Gasteiger partial charge in [0, 0.05) is 23.1 Å². The van der Waals surface area contributed by atoms with Crippen molar-refractivity contribution < 1.29 is 9.90 Å². The number of benzene rings is 2. The van der Waals surface area contributed by atoms with Crippen molar-refractivity contribution in [2.45, 2.75) is 13.5 Å². The van der Waals surface area contributed by atoms with Crippen molar-refractivity contribution in [1.82, 2.24) is 10.3 Å². The molecule has 0 spiro atoms. The molecule has 2 aromatic carbocycles. The predicted octanol–water partition coefficient (Wildman–Crippen LogP) is 3.11. The van der Waals surface area contributed by atoms with Gasteiger partial charge in [-0.2, -0.15) is 0 Å². The minimum Gasteiger partial charge on any atom is -0.508 e. The van der Waals surface area contributed by atoms with Gasteiger partial charge in [-0.25, -0.2) is 0 Å². The molecule has 3 aromatic rings. The monoisotopic (exact) mass is 280 g/mol. The first kappa shape index (κ1) is 13.2. The lowest BCUT2D eigenvalue weighted by Gasteiger charge is -2.05. The highest BCUT2D eigenvalue weighted by Crippen LogP contribution is 2.25. The Morgan fingerprint density at radius 3 is 2.71 bits per heavy atom. The average molecular weight is 280 g/mol. The smallest absolute Gasteiger partial charge is 0.253 e. The molecule has 106 valence electrons. The summed E-state index contributed by atoms with van der Waals surface area (Å²) in [5, 5.41) is 13.3. The second-order valence-corrected chi connectivity index (χ2v) is 5.02. The van der Waals surface area contributed by atoms with Crippen LogP contribution in [0.25, 0.3) is 10.9 Å². The number of aromatic amines is 1. The zero-order valence-corrected chi connectivity index (χ0v) is 11.7. The number of aromatic hydroxyl groups is 1. The molecule has 3 rings (SSSR count). The summed E-state index contributed by atoms with van der Waals surface area (Å²) in [6, 6.07) is 14.7. The van der Waals surface area contributed by atoms with Crippen molar-refractivity contribution in [2.75, 3.05) is 0 Å². The fourth-order valence-electron chi connectivity index (χ4n) is 2.47. The van der Waals surface area contributed by atoms with Crippen LogP contribution in [0.3, 0.4) is 0 Å². The molecule has 1 aromatic heterocycles. The normalized spacial score (nSPS) is 10.7. The largest absolute Gasteiger partial charge is 0.508 e. The third-order valence-corrected chi connectivity index (χ3v) is 3.49. The number of rotatable bonds is 3. The van der Waals surface area contributed by atoms with Crippen LogP contribution in [0, 0.1) is 6.92 Å². The predicted molar refractivity (Wildman–Crippen MR) is 82.3 cm³/mol. The van der Waals surface area contributed by atoms with Crippen LogP contribution in [0.5, 0.6) is 5.75 Å². The second kappa shape index (κ2) is 5.32. The molecule has 21 heavy (non-hydrogen) atoms. The second-order valence-electron chi connectivity index (χ2n) is 5.02. The first-order chi connectivity index (χ1) is 10.1. The minimum atomic E-state index is -0.145. The Balaban J connectivity index is 1.87. The number of carbonyl (C=O) groups is 1. The fourth-order valence-corrected chi connectivity index (χ4v) is 2.47. The van der Waals surface area contributed by atoms with Crippen LogP contribution >= 0.6 is 0 Å². The van der Waals surface area contributed by atoms with E-state index in [1.807, 2.05) is 37.3 Å². The van der Waals surface area contributed by atoms with Crippen LogP contribution in [0.2, 0.25) is 0 Å². The summed E-state index contributed by atoms with van der Waals surface area (Å²) in [5.41, 5.74) is 3.26. The van der Waals surface area contributed by atoms with Gasteiger partial charge < -0.3 is 15.4 Å². The van der Waals surface area contributed by atoms with Crippen LogP contribution in [0.1, 0.15) is 21.6 Å². The number of fused-ring (bicyclic) bond motifs is 1. The van der Waals surface area contributed by atoms with E-state index in [1.165, 1.54) is 0 Å². The Labute approximate surface area is 122 Å². The van der Waals surface area contributed by atoms with Crippen molar-refractivity contribution in [1.29, 1.82) is 0 Å². The molecule has 0 radical (unpaired) electrons. The van der Waals surface area contributed by atoms with Crippen molar-refractivity contribution >= 4 is 16.8 Å². The van der Waals surface area contributed by atoms with Gasteiger partial charge in [0.05, 0.1) is 5.56 Å². The van der Waals surface area contributed by atoms with Crippen LogP contribution in [-0.2, 0) is 6.54 Å². The number of aryl methyl sites for hydroxylation is 1. The molecule has 0 fully saturated rings. The standard InChI is InChI=1S/C17H16N2O2/c1-11-16(14-9-13(20)7-8-15(14)19-11)17(21)18-10-12-5-3-2-4-6-12/h2-9,19-20H,10H2,1H3,(H,18,21).